The molecule has 9 heteroatoms. The van der Waals surface area contributed by atoms with Gasteiger partial charge in [0.2, 0.25) is 16.8 Å². The molecule has 0 bridgehead atoms. The number of anilines is 2. The van der Waals surface area contributed by atoms with Gasteiger partial charge in [-0.2, -0.15) is 0 Å². The minimum absolute atomic E-state index is 0.157. The van der Waals surface area contributed by atoms with Gasteiger partial charge in [-0.25, -0.2) is 9.97 Å². The number of nitrogens with zero attached hydrogens (tertiary/aromatic N) is 3. The summed E-state index contributed by atoms with van der Waals surface area (Å²) in [5.74, 6) is 0.353. The first kappa shape index (κ1) is 25.4. The molecule has 2 N–H and O–H groups in total. The summed E-state index contributed by atoms with van der Waals surface area (Å²) >= 11 is 6.55. The molecule has 0 aliphatic heterocycles. The highest BCUT2D eigenvalue weighted by Gasteiger charge is 2.22. The lowest BCUT2D eigenvalue weighted by Gasteiger charge is -2.19. The summed E-state index contributed by atoms with van der Waals surface area (Å²) < 4.78 is 11.2. The number of ether oxygens (including phenoxy) is 1. The molecule has 4 aromatic rings. The molecule has 2 heterocycles. The molecular weight excluding hydrogens is 478 g/mol. The number of halogens is 1. The molecule has 1 amide bonds. The first-order chi connectivity index (χ1) is 17.5. The van der Waals surface area contributed by atoms with Crippen molar-refractivity contribution in [2.75, 3.05) is 45.0 Å². The summed E-state index contributed by atoms with van der Waals surface area (Å²) in [5.41, 5.74) is 3.44. The fourth-order valence-corrected chi connectivity index (χ4v) is 4.10. The number of carbonyl (C=O) groups is 1. The first-order valence-electron chi connectivity index (χ1n) is 11.4. The molecule has 1 atom stereocenters. The molecule has 2 aromatic carbocycles. The number of fused-ring (bicyclic) bond motifs is 1. The summed E-state index contributed by atoms with van der Waals surface area (Å²) in [6, 6.07) is 17.2. The molecule has 0 fully saturated rings. The highest BCUT2D eigenvalue weighted by molar-refractivity contribution is 6.34. The minimum atomic E-state index is -0.215. The van der Waals surface area contributed by atoms with E-state index >= 15 is 0 Å². The second-order valence-electron chi connectivity index (χ2n) is 8.45. The van der Waals surface area contributed by atoms with E-state index < -0.39 is 0 Å². The Balaban J connectivity index is 1.68. The molecule has 2 aromatic heterocycles. The van der Waals surface area contributed by atoms with E-state index in [0.29, 0.717) is 41.3 Å². The molecule has 0 radical (unpaired) electrons. The van der Waals surface area contributed by atoms with Crippen LogP contribution in [-0.4, -0.2) is 55.1 Å². The highest BCUT2D eigenvalue weighted by atomic mass is 35.5. The summed E-state index contributed by atoms with van der Waals surface area (Å²) in [6.07, 6.45) is 4.75. The van der Waals surface area contributed by atoms with Crippen LogP contribution in [0.15, 0.2) is 77.5 Å². The Kier molecular flexibility index (Phi) is 8.32. The summed E-state index contributed by atoms with van der Waals surface area (Å²) in [6.45, 7) is 1.10. The van der Waals surface area contributed by atoms with Gasteiger partial charge in [0.15, 0.2) is 0 Å². The van der Waals surface area contributed by atoms with E-state index in [1.54, 1.807) is 13.2 Å². The van der Waals surface area contributed by atoms with Crippen molar-refractivity contribution < 1.29 is 13.9 Å². The molecule has 36 heavy (non-hydrogen) atoms. The fraction of sp³-hybridized carbons (Fsp3) is 0.222. The average molecular weight is 506 g/mol. The number of hydrogen-bond donors (Lipinski definition) is 2. The Hall–Kier alpha value is -3.72. The quantitative estimate of drug-likeness (QED) is 0.279. The Morgan fingerprint density at radius 2 is 1.97 bits per heavy atom. The Labute approximate surface area is 214 Å². The third kappa shape index (κ3) is 6.09. The number of hydrogen-bond acceptors (Lipinski definition) is 7. The maximum Gasteiger partial charge on any atom is 0.248 e. The van der Waals surface area contributed by atoms with E-state index in [1.165, 1.54) is 12.4 Å². The largest absolute Gasteiger partial charge is 0.425 e. The van der Waals surface area contributed by atoms with Gasteiger partial charge >= 0.3 is 0 Å². The molecule has 0 aliphatic carbocycles. The smallest absolute Gasteiger partial charge is 0.248 e. The van der Waals surface area contributed by atoms with Gasteiger partial charge < -0.3 is 24.7 Å². The number of benzene rings is 2. The van der Waals surface area contributed by atoms with Crippen LogP contribution in [0.25, 0.3) is 22.2 Å². The van der Waals surface area contributed by atoms with Crippen LogP contribution in [0.5, 0.6) is 0 Å². The van der Waals surface area contributed by atoms with E-state index in [0.717, 1.165) is 11.1 Å². The van der Waals surface area contributed by atoms with Gasteiger partial charge in [0, 0.05) is 25.4 Å². The number of likely N-dealkylation sites (N-methyl/N-ethyl adjacent to an activating group) is 1. The van der Waals surface area contributed by atoms with Crippen molar-refractivity contribution >= 4 is 40.1 Å². The van der Waals surface area contributed by atoms with Gasteiger partial charge in [0.25, 0.3) is 0 Å². The molecule has 0 saturated heterocycles. The van der Waals surface area contributed by atoms with Crippen LogP contribution >= 0.6 is 11.6 Å². The molecule has 0 saturated carbocycles. The number of aromatic nitrogens is 2. The van der Waals surface area contributed by atoms with Crippen LogP contribution in [0.1, 0.15) is 11.6 Å². The van der Waals surface area contributed by atoms with Gasteiger partial charge in [0.05, 0.1) is 23.6 Å². The maximum atomic E-state index is 12.3. The normalized spacial score (nSPS) is 12.4. The second-order valence-corrected chi connectivity index (χ2v) is 8.79. The maximum absolute atomic E-state index is 12.3. The van der Waals surface area contributed by atoms with E-state index in [-0.39, 0.29) is 17.2 Å². The van der Waals surface area contributed by atoms with Crippen molar-refractivity contribution in [3.8, 4) is 11.1 Å². The van der Waals surface area contributed by atoms with Gasteiger partial charge in [-0.1, -0.05) is 48.5 Å². The lowest BCUT2D eigenvalue weighted by Crippen LogP contribution is -2.17. The number of carbonyl (C=O) groups excluding carboxylic acids is 1. The van der Waals surface area contributed by atoms with E-state index in [9.17, 15) is 4.79 Å². The van der Waals surface area contributed by atoms with Crippen molar-refractivity contribution in [3.63, 3.8) is 0 Å². The number of nitrogens with one attached hydrogen (secondary N) is 2. The third-order valence-corrected chi connectivity index (χ3v) is 5.72. The number of methoxy groups -OCH3 is 1. The van der Waals surface area contributed by atoms with Crippen LogP contribution in [0, 0.1) is 0 Å². The van der Waals surface area contributed by atoms with Crippen molar-refractivity contribution in [1.82, 2.24) is 14.9 Å². The van der Waals surface area contributed by atoms with E-state index in [1.807, 2.05) is 73.6 Å². The number of furan rings is 1. The molecule has 8 nitrogen and oxygen atoms in total. The third-order valence-electron chi connectivity index (χ3n) is 5.45. The van der Waals surface area contributed by atoms with Gasteiger partial charge in [0.1, 0.15) is 12.1 Å². The standard InChI is InChI=1S/C27H28ClN5O3/c1-33(2)14-8-13-22(34)31-20-12-7-11-19(15-20)23-24-26(29-17-30-27(24)36-25(23)28)32-21(16-35-3)18-9-5-4-6-10-18/h4-13,15,17,21H,14,16H2,1-3H3,(H,31,34)(H,29,30,32). The fourth-order valence-electron chi connectivity index (χ4n) is 3.82. The zero-order valence-corrected chi connectivity index (χ0v) is 21.1. The van der Waals surface area contributed by atoms with Crippen molar-refractivity contribution in [2.24, 2.45) is 0 Å². The van der Waals surface area contributed by atoms with Crippen molar-refractivity contribution in [1.29, 1.82) is 0 Å². The zero-order chi connectivity index (χ0) is 25.5. The molecule has 4 rings (SSSR count). The lowest BCUT2D eigenvalue weighted by atomic mass is 10.0. The van der Waals surface area contributed by atoms with Gasteiger partial charge in [-0.15, -0.1) is 0 Å². The number of amides is 1. The first-order valence-corrected chi connectivity index (χ1v) is 11.8. The average Bonchev–Trinajstić information content (AvgIpc) is 3.21. The van der Waals surface area contributed by atoms with E-state index in [4.69, 9.17) is 20.8 Å². The summed E-state index contributed by atoms with van der Waals surface area (Å²) in [4.78, 5) is 23.1. The molecule has 0 spiro atoms. The van der Waals surface area contributed by atoms with Crippen LogP contribution in [0.4, 0.5) is 11.5 Å². The van der Waals surface area contributed by atoms with Crippen LogP contribution < -0.4 is 10.6 Å². The molecule has 0 aliphatic rings. The van der Waals surface area contributed by atoms with Crippen LogP contribution in [-0.2, 0) is 9.53 Å². The van der Waals surface area contributed by atoms with Crippen molar-refractivity contribution in [2.45, 2.75) is 6.04 Å². The lowest BCUT2D eigenvalue weighted by molar-refractivity contribution is -0.111. The zero-order valence-electron chi connectivity index (χ0n) is 20.4. The topological polar surface area (TPSA) is 92.5 Å². The van der Waals surface area contributed by atoms with E-state index in [2.05, 4.69) is 20.6 Å². The second kappa shape index (κ2) is 11.8. The summed E-state index contributed by atoms with van der Waals surface area (Å²) in [5, 5.41) is 7.19. The Bertz CT molecular complexity index is 1350. The van der Waals surface area contributed by atoms with Crippen molar-refractivity contribution in [3.05, 3.63) is 83.9 Å². The molecule has 1 unspecified atom stereocenters. The summed E-state index contributed by atoms with van der Waals surface area (Å²) in [7, 11) is 5.53. The van der Waals surface area contributed by atoms with Gasteiger partial charge in [-0.05, 0) is 49.0 Å². The predicted octanol–water partition coefficient (Wildman–Crippen LogP) is 5.40. The number of rotatable bonds is 10. The monoisotopic (exact) mass is 505 g/mol. The molecule has 186 valence electrons. The van der Waals surface area contributed by atoms with Gasteiger partial charge in [-0.3, -0.25) is 4.79 Å². The Morgan fingerprint density at radius 3 is 2.72 bits per heavy atom. The van der Waals surface area contributed by atoms with Crippen LogP contribution in [0.3, 0.4) is 0 Å². The predicted molar refractivity (Wildman–Crippen MR) is 143 cm³/mol. The Morgan fingerprint density at radius 1 is 1.17 bits per heavy atom. The minimum Gasteiger partial charge on any atom is -0.425 e. The highest BCUT2D eigenvalue weighted by Crippen LogP contribution is 2.41. The van der Waals surface area contributed by atoms with Crippen LogP contribution in [0.2, 0.25) is 5.22 Å². The molecular formula is C27H28ClN5O3. The SMILES string of the molecule is COCC(Nc1ncnc2oc(Cl)c(-c3cccc(NC(=O)C=CCN(C)C)c3)c12)c1ccccc1.